The predicted octanol–water partition coefficient (Wildman–Crippen LogP) is 2.25. The van der Waals surface area contributed by atoms with E-state index in [-0.39, 0.29) is 18.0 Å². The van der Waals surface area contributed by atoms with Gasteiger partial charge in [0.25, 0.3) is 0 Å². The minimum atomic E-state index is -0.312. The normalized spacial score (nSPS) is 14.9. The van der Waals surface area contributed by atoms with E-state index in [4.69, 9.17) is 0 Å². The summed E-state index contributed by atoms with van der Waals surface area (Å²) in [6, 6.07) is 6.54. The quantitative estimate of drug-likeness (QED) is 0.783. The van der Waals surface area contributed by atoms with Crippen LogP contribution < -0.4 is 5.32 Å². The molecule has 1 aromatic carbocycles. The molecular weight excluding hydrogens is 193 g/mol. The summed E-state index contributed by atoms with van der Waals surface area (Å²) in [6.07, 6.45) is 0.427. The van der Waals surface area contributed by atoms with E-state index in [2.05, 4.69) is 5.32 Å². The number of benzene rings is 1. The maximum absolute atomic E-state index is 12.7. The third-order valence-electron chi connectivity index (χ3n) is 2.50. The van der Waals surface area contributed by atoms with Crippen LogP contribution in [0.15, 0.2) is 24.3 Å². The minimum absolute atomic E-state index is 0.131. The van der Waals surface area contributed by atoms with Gasteiger partial charge in [0, 0.05) is 12.6 Å². The number of nitrogens with one attached hydrogen (secondary N) is 1. The summed E-state index contributed by atoms with van der Waals surface area (Å²) >= 11 is 0. The second kappa shape index (κ2) is 5.83. The molecule has 0 bridgehead atoms. The van der Waals surface area contributed by atoms with Gasteiger partial charge in [-0.25, -0.2) is 4.39 Å². The number of halogens is 1. The molecule has 15 heavy (non-hydrogen) atoms. The first kappa shape index (κ1) is 12.1. The number of hydrogen-bond acceptors (Lipinski definition) is 2. The summed E-state index contributed by atoms with van der Waals surface area (Å²) in [5.41, 5.74) is 1.03. The Balaban J connectivity index is 2.46. The molecule has 0 saturated heterocycles. The summed E-state index contributed by atoms with van der Waals surface area (Å²) < 4.78 is 12.7. The Labute approximate surface area is 90.1 Å². The van der Waals surface area contributed by atoms with Crippen molar-refractivity contribution in [3.63, 3.8) is 0 Å². The van der Waals surface area contributed by atoms with Gasteiger partial charge in [0.15, 0.2) is 0 Å². The average molecular weight is 211 g/mol. The SMILES string of the molecule is CCC(O)CN[C@@H](C)c1ccc(F)cc1. The second-order valence-electron chi connectivity index (χ2n) is 3.74. The van der Waals surface area contributed by atoms with Crippen molar-refractivity contribution < 1.29 is 9.50 Å². The van der Waals surface area contributed by atoms with E-state index in [1.165, 1.54) is 12.1 Å². The molecular formula is C12H18FNO. The Morgan fingerprint density at radius 1 is 1.33 bits per heavy atom. The monoisotopic (exact) mass is 211 g/mol. The molecule has 1 aromatic rings. The van der Waals surface area contributed by atoms with Crippen molar-refractivity contribution in [3.05, 3.63) is 35.6 Å². The fourth-order valence-corrected chi connectivity index (χ4v) is 1.33. The van der Waals surface area contributed by atoms with Gasteiger partial charge in [-0.15, -0.1) is 0 Å². The van der Waals surface area contributed by atoms with Crippen molar-refractivity contribution in [1.29, 1.82) is 0 Å². The lowest BCUT2D eigenvalue weighted by molar-refractivity contribution is 0.164. The average Bonchev–Trinajstić information content (AvgIpc) is 2.26. The lowest BCUT2D eigenvalue weighted by atomic mass is 10.1. The molecule has 0 aliphatic rings. The smallest absolute Gasteiger partial charge is 0.123 e. The largest absolute Gasteiger partial charge is 0.392 e. The summed E-state index contributed by atoms with van der Waals surface area (Å²) in [4.78, 5) is 0. The second-order valence-corrected chi connectivity index (χ2v) is 3.74. The van der Waals surface area contributed by atoms with Crippen LogP contribution in [0.1, 0.15) is 31.9 Å². The zero-order chi connectivity index (χ0) is 11.3. The third-order valence-corrected chi connectivity index (χ3v) is 2.50. The number of rotatable bonds is 5. The first-order valence-electron chi connectivity index (χ1n) is 5.30. The van der Waals surface area contributed by atoms with Crippen molar-refractivity contribution >= 4 is 0 Å². The minimum Gasteiger partial charge on any atom is -0.392 e. The lowest BCUT2D eigenvalue weighted by Crippen LogP contribution is -2.28. The Morgan fingerprint density at radius 3 is 2.47 bits per heavy atom. The first-order chi connectivity index (χ1) is 7.13. The molecule has 0 aliphatic carbocycles. The van der Waals surface area contributed by atoms with E-state index in [1.54, 1.807) is 12.1 Å². The van der Waals surface area contributed by atoms with Crippen LogP contribution in [-0.2, 0) is 0 Å². The lowest BCUT2D eigenvalue weighted by Gasteiger charge is -2.16. The molecule has 0 aromatic heterocycles. The van der Waals surface area contributed by atoms with Crippen molar-refractivity contribution in [2.24, 2.45) is 0 Å². The van der Waals surface area contributed by atoms with Crippen LogP contribution in [0, 0.1) is 5.82 Å². The maximum atomic E-state index is 12.7. The molecule has 1 unspecified atom stereocenters. The molecule has 0 aliphatic heterocycles. The fraction of sp³-hybridized carbons (Fsp3) is 0.500. The maximum Gasteiger partial charge on any atom is 0.123 e. The first-order valence-corrected chi connectivity index (χ1v) is 5.30. The summed E-state index contributed by atoms with van der Waals surface area (Å²) in [5, 5.41) is 12.6. The van der Waals surface area contributed by atoms with Gasteiger partial charge in [0.2, 0.25) is 0 Å². The van der Waals surface area contributed by atoms with Crippen molar-refractivity contribution in [3.8, 4) is 0 Å². The standard InChI is InChI=1S/C12H18FNO/c1-3-12(15)8-14-9(2)10-4-6-11(13)7-5-10/h4-7,9,12,14-15H,3,8H2,1-2H3/t9-,12?/m0/s1. The van der Waals surface area contributed by atoms with E-state index < -0.39 is 0 Å². The molecule has 1 rings (SSSR count). The van der Waals surface area contributed by atoms with Crippen molar-refractivity contribution in [2.45, 2.75) is 32.4 Å². The van der Waals surface area contributed by atoms with Gasteiger partial charge in [-0.1, -0.05) is 19.1 Å². The third kappa shape index (κ3) is 3.98. The van der Waals surface area contributed by atoms with E-state index in [1.807, 2.05) is 13.8 Å². The van der Waals surface area contributed by atoms with E-state index >= 15 is 0 Å². The summed E-state index contributed by atoms with van der Waals surface area (Å²) in [5.74, 6) is -0.223. The van der Waals surface area contributed by atoms with Crippen LogP contribution in [0.4, 0.5) is 4.39 Å². The van der Waals surface area contributed by atoms with Gasteiger partial charge in [-0.3, -0.25) is 0 Å². The molecule has 0 spiro atoms. The highest BCUT2D eigenvalue weighted by Gasteiger charge is 2.07. The number of hydrogen-bond donors (Lipinski definition) is 2. The van der Waals surface area contributed by atoms with Gasteiger partial charge in [-0.2, -0.15) is 0 Å². The molecule has 0 fully saturated rings. The molecule has 2 N–H and O–H groups in total. The van der Waals surface area contributed by atoms with Crippen molar-refractivity contribution in [2.75, 3.05) is 6.54 Å². The molecule has 0 amide bonds. The predicted molar refractivity (Wildman–Crippen MR) is 59.1 cm³/mol. The van der Waals surface area contributed by atoms with Gasteiger partial charge in [0.1, 0.15) is 5.82 Å². The highest BCUT2D eigenvalue weighted by molar-refractivity contribution is 5.19. The highest BCUT2D eigenvalue weighted by atomic mass is 19.1. The van der Waals surface area contributed by atoms with Crippen LogP contribution in [0.5, 0.6) is 0 Å². The van der Waals surface area contributed by atoms with Crippen molar-refractivity contribution in [1.82, 2.24) is 5.32 Å². The zero-order valence-electron chi connectivity index (χ0n) is 9.20. The fourth-order valence-electron chi connectivity index (χ4n) is 1.33. The molecule has 0 heterocycles. The molecule has 3 heteroatoms. The molecule has 2 nitrogen and oxygen atoms in total. The number of aliphatic hydroxyl groups is 1. The topological polar surface area (TPSA) is 32.3 Å². The Bertz CT molecular complexity index is 286. The van der Waals surface area contributed by atoms with E-state index in [9.17, 15) is 9.50 Å². The summed E-state index contributed by atoms with van der Waals surface area (Å²) in [7, 11) is 0. The molecule has 0 radical (unpaired) electrons. The highest BCUT2D eigenvalue weighted by Crippen LogP contribution is 2.12. The Kier molecular flexibility index (Phi) is 4.72. The van der Waals surface area contributed by atoms with Gasteiger partial charge in [0.05, 0.1) is 6.10 Å². The Hall–Kier alpha value is -0.930. The molecule has 84 valence electrons. The van der Waals surface area contributed by atoms with E-state index in [0.29, 0.717) is 6.54 Å². The molecule has 0 saturated carbocycles. The Morgan fingerprint density at radius 2 is 1.93 bits per heavy atom. The van der Waals surface area contributed by atoms with Gasteiger partial charge < -0.3 is 10.4 Å². The van der Waals surface area contributed by atoms with Crippen LogP contribution in [0.25, 0.3) is 0 Å². The molecule has 2 atom stereocenters. The van der Waals surface area contributed by atoms with Crippen LogP contribution in [0.3, 0.4) is 0 Å². The summed E-state index contributed by atoms with van der Waals surface area (Å²) in [6.45, 7) is 4.50. The number of aliphatic hydroxyl groups excluding tert-OH is 1. The van der Waals surface area contributed by atoms with E-state index in [0.717, 1.165) is 12.0 Å². The van der Waals surface area contributed by atoms with Crippen LogP contribution >= 0.6 is 0 Å². The van der Waals surface area contributed by atoms with Gasteiger partial charge >= 0.3 is 0 Å². The van der Waals surface area contributed by atoms with Crippen LogP contribution in [0.2, 0.25) is 0 Å². The van der Waals surface area contributed by atoms with Crippen LogP contribution in [-0.4, -0.2) is 17.8 Å². The zero-order valence-corrected chi connectivity index (χ0v) is 9.20. The van der Waals surface area contributed by atoms with Gasteiger partial charge in [-0.05, 0) is 31.0 Å².